The van der Waals surface area contributed by atoms with Gasteiger partial charge in [0.2, 0.25) is 5.91 Å². The molecule has 1 aliphatic heterocycles. The van der Waals surface area contributed by atoms with E-state index in [0.29, 0.717) is 17.0 Å². The van der Waals surface area contributed by atoms with Crippen LogP contribution in [0.4, 0.5) is 9.80 Å². The maximum Gasteiger partial charge on any atom is 0.341 e. The molecule has 0 radical (unpaired) electrons. The third kappa shape index (κ3) is 3.86. The SMILES string of the molecule is CCOC(=O)c1ccsc1NC(=O)CN1C(=O)N[C@](CC)(c2ccccc2)C1=O. The lowest BCUT2D eigenvalue weighted by molar-refractivity contribution is -0.134. The molecule has 3 rings (SSSR count). The summed E-state index contributed by atoms with van der Waals surface area (Å²) in [5.41, 5.74) is -0.307. The Morgan fingerprint density at radius 3 is 2.55 bits per heavy atom. The lowest BCUT2D eigenvalue weighted by atomic mass is 9.87. The highest BCUT2D eigenvalue weighted by Gasteiger charge is 2.51. The average molecular weight is 415 g/mol. The molecule has 4 amide bonds. The molecule has 0 bridgehead atoms. The van der Waals surface area contributed by atoms with E-state index < -0.39 is 35.9 Å². The molecule has 29 heavy (non-hydrogen) atoms. The number of carbonyl (C=O) groups is 4. The molecule has 0 unspecified atom stereocenters. The molecule has 1 fully saturated rings. The number of amides is 4. The quantitative estimate of drug-likeness (QED) is 0.534. The van der Waals surface area contributed by atoms with Crippen molar-refractivity contribution in [2.24, 2.45) is 0 Å². The second kappa shape index (κ2) is 8.44. The summed E-state index contributed by atoms with van der Waals surface area (Å²) >= 11 is 1.16. The molecule has 1 atom stereocenters. The summed E-state index contributed by atoms with van der Waals surface area (Å²) in [6.45, 7) is 3.24. The van der Waals surface area contributed by atoms with Crippen LogP contribution in [-0.4, -0.2) is 41.9 Å². The number of nitrogens with zero attached hydrogens (tertiary/aromatic N) is 1. The van der Waals surface area contributed by atoms with Crippen molar-refractivity contribution in [1.29, 1.82) is 0 Å². The first-order chi connectivity index (χ1) is 13.9. The van der Waals surface area contributed by atoms with Crippen LogP contribution in [0.5, 0.6) is 0 Å². The average Bonchev–Trinajstić information content (AvgIpc) is 3.27. The molecule has 1 aromatic heterocycles. The topological polar surface area (TPSA) is 105 Å². The fourth-order valence-corrected chi connectivity index (χ4v) is 4.01. The largest absolute Gasteiger partial charge is 0.462 e. The highest BCUT2D eigenvalue weighted by molar-refractivity contribution is 7.14. The van der Waals surface area contributed by atoms with E-state index in [2.05, 4.69) is 10.6 Å². The zero-order valence-corrected chi connectivity index (χ0v) is 16.9. The number of imide groups is 1. The summed E-state index contributed by atoms with van der Waals surface area (Å²) in [5, 5.41) is 7.27. The van der Waals surface area contributed by atoms with Crippen LogP contribution >= 0.6 is 11.3 Å². The van der Waals surface area contributed by atoms with E-state index in [0.717, 1.165) is 16.2 Å². The molecular weight excluding hydrogens is 394 g/mol. The molecule has 1 saturated heterocycles. The first-order valence-corrected chi connectivity index (χ1v) is 10.0. The van der Waals surface area contributed by atoms with Crippen molar-refractivity contribution in [1.82, 2.24) is 10.2 Å². The van der Waals surface area contributed by atoms with Gasteiger partial charge in [-0.25, -0.2) is 9.59 Å². The first-order valence-electron chi connectivity index (χ1n) is 9.17. The molecule has 8 nitrogen and oxygen atoms in total. The van der Waals surface area contributed by atoms with Gasteiger partial charge in [0.25, 0.3) is 5.91 Å². The standard InChI is InChI=1S/C20H21N3O5S/c1-3-20(13-8-6-5-7-9-13)18(26)23(19(27)22-20)12-15(24)21-16-14(10-11-29-16)17(25)28-4-2/h5-11H,3-4,12H2,1-2H3,(H,21,24)(H,22,27)/t20-/m1/s1. The van der Waals surface area contributed by atoms with E-state index in [-0.39, 0.29) is 12.2 Å². The maximum absolute atomic E-state index is 13.1. The van der Waals surface area contributed by atoms with E-state index in [9.17, 15) is 19.2 Å². The third-order valence-electron chi connectivity index (χ3n) is 4.69. The van der Waals surface area contributed by atoms with Crippen LogP contribution in [0.2, 0.25) is 0 Å². The number of hydrogen-bond donors (Lipinski definition) is 2. The van der Waals surface area contributed by atoms with Crippen LogP contribution in [0.1, 0.15) is 36.2 Å². The van der Waals surface area contributed by atoms with Crippen molar-refractivity contribution in [3.63, 3.8) is 0 Å². The number of anilines is 1. The molecule has 1 aliphatic rings. The second-order valence-electron chi connectivity index (χ2n) is 6.38. The van der Waals surface area contributed by atoms with Crippen molar-refractivity contribution in [2.75, 3.05) is 18.5 Å². The number of carbonyl (C=O) groups excluding carboxylic acids is 4. The lowest BCUT2D eigenvalue weighted by Gasteiger charge is -2.25. The fourth-order valence-electron chi connectivity index (χ4n) is 3.22. The van der Waals surface area contributed by atoms with Crippen molar-refractivity contribution < 1.29 is 23.9 Å². The van der Waals surface area contributed by atoms with Crippen LogP contribution in [0.25, 0.3) is 0 Å². The first kappa shape index (κ1) is 20.5. The van der Waals surface area contributed by atoms with Crippen molar-refractivity contribution >= 4 is 40.2 Å². The molecule has 2 N–H and O–H groups in total. The normalized spacial score (nSPS) is 18.5. The van der Waals surface area contributed by atoms with Gasteiger partial charge in [0.15, 0.2) is 0 Å². The Bertz CT molecular complexity index is 943. The van der Waals surface area contributed by atoms with Crippen molar-refractivity contribution in [3.8, 4) is 0 Å². The number of ether oxygens (including phenoxy) is 1. The summed E-state index contributed by atoms with van der Waals surface area (Å²) in [7, 11) is 0. The molecule has 0 spiro atoms. The van der Waals surface area contributed by atoms with Gasteiger partial charge in [-0.2, -0.15) is 0 Å². The highest BCUT2D eigenvalue weighted by atomic mass is 32.1. The summed E-state index contributed by atoms with van der Waals surface area (Å²) in [6, 6.07) is 9.84. The molecule has 1 aromatic carbocycles. The van der Waals surface area contributed by atoms with Gasteiger partial charge in [-0.05, 0) is 30.4 Å². The summed E-state index contributed by atoms with van der Waals surface area (Å²) in [5.74, 6) is -1.61. The zero-order chi connectivity index (χ0) is 21.0. The molecule has 9 heteroatoms. The summed E-state index contributed by atoms with van der Waals surface area (Å²) in [6.07, 6.45) is 0.345. The predicted octanol–water partition coefficient (Wildman–Crippen LogP) is 2.72. The van der Waals surface area contributed by atoms with Crippen LogP contribution in [-0.2, 0) is 19.9 Å². The van der Waals surface area contributed by atoms with E-state index >= 15 is 0 Å². The minimum Gasteiger partial charge on any atom is -0.462 e. The van der Waals surface area contributed by atoms with Crippen LogP contribution < -0.4 is 10.6 Å². The van der Waals surface area contributed by atoms with Gasteiger partial charge in [-0.3, -0.25) is 14.5 Å². The van der Waals surface area contributed by atoms with Crippen LogP contribution in [0.15, 0.2) is 41.8 Å². The molecule has 0 aliphatic carbocycles. The Morgan fingerprint density at radius 1 is 1.17 bits per heavy atom. The van der Waals surface area contributed by atoms with Crippen molar-refractivity contribution in [2.45, 2.75) is 25.8 Å². The summed E-state index contributed by atoms with van der Waals surface area (Å²) < 4.78 is 4.95. The molecule has 152 valence electrons. The number of rotatable bonds is 7. The molecule has 0 saturated carbocycles. The number of benzene rings is 1. The Balaban J connectivity index is 1.75. The van der Waals surface area contributed by atoms with Crippen LogP contribution in [0, 0.1) is 0 Å². The molecular formula is C20H21N3O5S. The minimum atomic E-state index is -1.20. The molecule has 2 aromatic rings. The van der Waals surface area contributed by atoms with Gasteiger partial charge in [-0.15, -0.1) is 11.3 Å². The van der Waals surface area contributed by atoms with Gasteiger partial charge in [0, 0.05) is 0 Å². The van der Waals surface area contributed by atoms with E-state index in [1.807, 2.05) is 6.07 Å². The van der Waals surface area contributed by atoms with Gasteiger partial charge in [-0.1, -0.05) is 37.3 Å². The van der Waals surface area contributed by atoms with Gasteiger partial charge in [0.05, 0.1) is 12.2 Å². The van der Waals surface area contributed by atoms with Crippen molar-refractivity contribution in [3.05, 3.63) is 52.9 Å². The minimum absolute atomic E-state index is 0.211. The second-order valence-corrected chi connectivity index (χ2v) is 7.29. The Morgan fingerprint density at radius 2 is 1.90 bits per heavy atom. The van der Waals surface area contributed by atoms with E-state index in [1.54, 1.807) is 49.6 Å². The lowest BCUT2D eigenvalue weighted by Crippen LogP contribution is -2.44. The van der Waals surface area contributed by atoms with Gasteiger partial charge < -0.3 is 15.4 Å². The number of nitrogens with one attached hydrogen (secondary N) is 2. The van der Waals surface area contributed by atoms with Crippen LogP contribution in [0.3, 0.4) is 0 Å². The smallest absolute Gasteiger partial charge is 0.341 e. The molecule has 2 heterocycles. The highest BCUT2D eigenvalue weighted by Crippen LogP contribution is 2.32. The van der Waals surface area contributed by atoms with E-state index in [4.69, 9.17) is 4.74 Å². The number of esters is 1. The maximum atomic E-state index is 13.1. The number of urea groups is 1. The Labute approximate surface area is 171 Å². The number of thiophene rings is 1. The number of hydrogen-bond acceptors (Lipinski definition) is 6. The fraction of sp³-hybridized carbons (Fsp3) is 0.300. The van der Waals surface area contributed by atoms with E-state index in [1.165, 1.54) is 0 Å². The Kier molecular flexibility index (Phi) is 5.97. The summed E-state index contributed by atoms with van der Waals surface area (Å²) in [4.78, 5) is 50.9. The van der Waals surface area contributed by atoms with Gasteiger partial charge in [0.1, 0.15) is 17.1 Å². The third-order valence-corrected chi connectivity index (χ3v) is 5.52. The zero-order valence-electron chi connectivity index (χ0n) is 16.1. The van der Waals surface area contributed by atoms with Gasteiger partial charge >= 0.3 is 12.0 Å². The Hall–Kier alpha value is -3.20. The monoisotopic (exact) mass is 415 g/mol. The predicted molar refractivity (Wildman–Crippen MR) is 108 cm³/mol.